The summed E-state index contributed by atoms with van der Waals surface area (Å²) in [7, 11) is 0. The lowest BCUT2D eigenvalue weighted by Crippen LogP contribution is -2.01. The molecule has 0 aliphatic heterocycles. The number of hydrogen-bond acceptors (Lipinski definition) is 6. The van der Waals surface area contributed by atoms with Crippen LogP contribution in [-0.2, 0) is 9.59 Å². The zero-order valence-electron chi connectivity index (χ0n) is 19.4. The Kier molecular flexibility index (Phi) is 10.0. The van der Waals surface area contributed by atoms with Gasteiger partial charge in [0.2, 0.25) is 10.2 Å². The molecule has 3 aromatic carbocycles. The van der Waals surface area contributed by atoms with Gasteiger partial charge in [-0.3, -0.25) is 9.59 Å². The highest BCUT2D eigenvalue weighted by molar-refractivity contribution is 8.16. The summed E-state index contributed by atoms with van der Waals surface area (Å²) in [5.41, 5.74) is 4.89. The zero-order chi connectivity index (χ0) is 25.0. The Hall–Kier alpha value is -3.48. The molecule has 0 N–H and O–H groups in total. The van der Waals surface area contributed by atoms with Crippen molar-refractivity contribution in [2.75, 3.05) is 12.4 Å². The quantitative estimate of drug-likeness (QED) is 0.153. The topological polar surface area (TPSA) is 52.6 Å². The van der Waals surface area contributed by atoms with E-state index in [1.54, 1.807) is 12.3 Å². The van der Waals surface area contributed by atoms with Gasteiger partial charge in [0.05, 0.1) is 12.9 Å². The van der Waals surface area contributed by atoms with Gasteiger partial charge >= 0.3 is 0 Å². The lowest BCUT2D eigenvalue weighted by Gasteiger charge is -2.08. The number of ether oxygens (including phenoxy) is 2. The molecule has 0 aromatic heterocycles. The molecule has 0 bridgehead atoms. The van der Waals surface area contributed by atoms with Gasteiger partial charge in [0.15, 0.2) is 0 Å². The van der Waals surface area contributed by atoms with Crippen LogP contribution in [0, 0.1) is 0 Å². The maximum Gasteiger partial charge on any atom is 0.218 e. The van der Waals surface area contributed by atoms with E-state index >= 15 is 0 Å². The molecule has 0 radical (unpaired) electrons. The molecule has 35 heavy (non-hydrogen) atoms. The van der Waals surface area contributed by atoms with E-state index in [2.05, 4.69) is 37.4 Å². The number of rotatable bonds is 11. The molecule has 0 heterocycles. The summed E-state index contributed by atoms with van der Waals surface area (Å²) in [6.45, 7) is 9.21. The summed E-state index contributed by atoms with van der Waals surface area (Å²) >= 11 is 2.24. The zero-order valence-corrected chi connectivity index (χ0v) is 21.1. The van der Waals surface area contributed by atoms with Crippen LogP contribution in [0.15, 0.2) is 109 Å². The Morgan fingerprint density at radius 1 is 0.829 bits per heavy atom. The third kappa shape index (κ3) is 8.35. The minimum atomic E-state index is -0.0826. The van der Waals surface area contributed by atoms with Gasteiger partial charge in [-0.1, -0.05) is 85.2 Å². The molecule has 0 aliphatic carbocycles. The molecular weight excluding hydrogens is 476 g/mol. The highest BCUT2D eigenvalue weighted by Gasteiger charge is 2.03. The number of carbonyl (C=O) groups is 2. The van der Waals surface area contributed by atoms with Crippen molar-refractivity contribution >= 4 is 33.8 Å². The highest BCUT2D eigenvalue weighted by Crippen LogP contribution is 2.27. The van der Waals surface area contributed by atoms with E-state index in [9.17, 15) is 9.59 Å². The molecule has 3 aromatic rings. The lowest BCUT2D eigenvalue weighted by atomic mass is 10.0. The van der Waals surface area contributed by atoms with E-state index in [-0.39, 0.29) is 10.2 Å². The van der Waals surface area contributed by atoms with E-state index in [1.165, 1.54) is 24.1 Å². The van der Waals surface area contributed by atoms with Crippen molar-refractivity contribution in [1.82, 2.24) is 0 Å². The summed E-state index contributed by atoms with van der Waals surface area (Å²) < 4.78 is 11.2. The largest absolute Gasteiger partial charge is 0.493 e. The maximum absolute atomic E-state index is 11.5. The molecule has 0 fully saturated rings. The van der Waals surface area contributed by atoms with Crippen LogP contribution in [0.25, 0.3) is 22.3 Å². The normalized spacial score (nSPS) is 10.7. The molecule has 0 unspecified atom stereocenters. The Balaban J connectivity index is 1.53. The third-order valence-electron chi connectivity index (χ3n) is 4.81. The first kappa shape index (κ1) is 26.1. The summed E-state index contributed by atoms with van der Waals surface area (Å²) in [5, 5.41) is 1.48. The van der Waals surface area contributed by atoms with Gasteiger partial charge in [-0.15, -0.1) is 0 Å². The molecule has 0 saturated carbocycles. The predicted molar refractivity (Wildman–Crippen MR) is 148 cm³/mol. The fourth-order valence-electron chi connectivity index (χ4n) is 2.98. The number of thioether (sulfide) groups is 2. The average Bonchev–Trinajstić information content (AvgIpc) is 2.89. The van der Waals surface area contributed by atoms with Crippen molar-refractivity contribution in [2.45, 2.75) is 6.92 Å². The Labute approximate surface area is 214 Å². The van der Waals surface area contributed by atoms with Crippen molar-refractivity contribution in [3.8, 4) is 33.8 Å². The lowest BCUT2D eigenvalue weighted by molar-refractivity contribution is -0.108. The van der Waals surface area contributed by atoms with Crippen LogP contribution in [0.2, 0.25) is 0 Å². The predicted octanol–water partition coefficient (Wildman–Crippen LogP) is 7.53. The number of hydrogen-bond donors (Lipinski definition) is 0. The summed E-state index contributed by atoms with van der Waals surface area (Å²) in [6.07, 6.45) is 2.80. The second-order valence-electron chi connectivity index (χ2n) is 7.42. The van der Waals surface area contributed by atoms with Crippen LogP contribution in [-0.4, -0.2) is 22.6 Å². The fraction of sp³-hybridized carbons (Fsp3) is 0.103. The molecule has 0 atom stereocenters. The molecule has 0 amide bonds. The van der Waals surface area contributed by atoms with Gasteiger partial charge in [-0.25, -0.2) is 0 Å². The summed E-state index contributed by atoms with van der Waals surface area (Å²) in [4.78, 5) is 22.7. The van der Waals surface area contributed by atoms with Crippen LogP contribution in [0.5, 0.6) is 11.5 Å². The summed E-state index contributed by atoms with van der Waals surface area (Å²) in [6, 6.07) is 24.0. The second kappa shape index (κ2) is 13.4. The van der Waals surface area contributed by atoms with E-state index in [4.69, 9.17) is 9.47 Å². The van der Waals surface area contributed by atoms with Gasteiger partial charge < -0.3 is 9.47 Å². The van der Waals surface area contributed by atoms with Crippen molar-refractivity contribution in [3.63, 3.8) is 0 Å². The first-order chi connectivity index (χ1) is 17.0. The Morgan fingerprint density at radius 3 is 1.80 bits per heavy atom. The Bertz CT molecular complexity index is 1190. The fourth-order valence-corrected chi connectivity index (χ4v) is 3.90. The first-order valence-electron chi connectivity index (χ1n) is 10.9. The van der Waals surface area contributed by atoms with Crippen molar-refractivity contribution < 1.29 is 19.1 Å². The molecule has 4 nitrogen and oxygen atoms in total. The molecular formula is C29H26O4S2. The van der Waals surface area contributed by atoms with E-state index in [0.29, 0.717) is 23.7 Å². The third-order valence-corrected chi connectivity index (χ3v) is 6.44. The average molecular weight is 503 g/mol. The number of carbonyl (C=O) groups excluding carboxylic acids is 2. The highest BCUT2D eigenvalue weighted by atomic mass is 32.2. The molecule has 178 valence electrons. The van der Waals surface area contributed by atoms with Gasteiger partial charge in [0.1, 0.15) is 11.5 Å². The Morgan fingerprint density at radius 2 is 1.31 bits per heavy atom. The number of benzene rings is 3. The van der Waals surface area contributed by atoms with E-state index < -0.39 is 0 Å². The van der Waals surface area contributed by atoms with E-state index in [1.807, 2.05) is 48.5 Å². The van der Waals surface area contributed by atoms with Crippen LogP contribution in [0.3, 0.4) is 0 Å². The standard InChI is InChI=1S/C29H26O4S2/c1-4-28(30)34-19-17-32-26-13-9-24(10-14-26)22-5-7-23(8-6-22)25-11-15-27(16-12-25)33-18-20-35-29(31)21(2)3/h4-16,18,20H,1-2,17,19H2,3H3/b20-18-. The van der Waals surface area contributed by atoms with Crippen LogP contribution in [0.1, 0.15) is 6.92 Å². The molecule has 0 aliphatic rings. The minimum Gasteiger partial charge on any atom is -0.493 e. The molecule has 0 spiro atoms. The van der Waals surface area contributed by atoms with Crippen molar-refractivity contribution in [3.05, 3.63) is 109 Å². The van der Waals surface area contributed by atoms with Crippen LogP contribution in [0.4, 0.5) is 0 Å². The SMILES string of the molecule is C=CC(=O)SCCOc1ccc(-c2ccc(-c3ccc(O/C=C\SC(=O)C(=C)C)cc3)cc2)cc1. The van der Waals surface area contributed by atoms with Crippen molar-refractivity contribution in [2.24, 2.45) is 0 Å². The molecule has 3 rings (SSSR count). The van der Waals surface area contributed by atoms with E-state index in [0.717, 1.165) is 39.8 Å². The smallest absolute Gasteiger partial charge is 0.218 e. The monoisotopic (exact) mass is 502 g/mol. The van der Waals surface area contributed by atoms with Crippen molar-refractivity contribution in [1.29, 1.82) is 0 Å². The van der Waals surface area contributed by atoms with Gasteiger partial charge in [0.25, 0.3) is 0 Å². The molecule has 6 heteroatoms. The first-order valence-corrected chi connectivity index (χ1v) is 12.7. The van der Waals surface area contributed by atoms with Crippen LogP contribution < -0.4 is 9.47 Å². The van der Waals surface area contributed by atoms with Gasteiger partial charge in [-0.2, -0.15) is 0 Å². The molecule has 0 saturated heterocycles. The van der Waals surface area contributed by atoms with Gasteiger partial charge in [-0.05, 0) is 65.1 Å². The van der Waals surface area contributed by atoms with Crippen LogP contribution >= 0.6 is 23.5 Å². The summed E-state index contributed by atoms with van der Waals surface area (Å²) in [5.74, 6) is 2.06. The second-order valence-corrected chi connectivity index (χ2v) is 9.40. The minimum absolute atomic E-state index is 0.0447. The maximum atomic E-state index is 11.5. The van der Waals surface area contributed by atoms with Gasteiger partial charge in [0, 0.05) is 11.2 Å².